The molecule has 0 aliphatic rings. The van der Waals surface area contributed by atoms with E-state index >= 15 is 0 Å². The summed E-state index contributed by atoms with van der Waals surface area (Å²) in [6.45, 7) is 5.83. The van der Waals surface area contributed by atoms with E-state index in [1.165, 1.54) is 18.2 Å². The molecule has 6 aromatic rings. The van der Waals surface area contributed by atoms with Crippen molar-refractivity contribution < 1.29 is 26.7 Å². The summed E-state index contributed by atoms with van der Waals surface area (Å²) < 4.78 is 68.9. The Bertz CT molecular complexity index is 2190. The first-order chi connectivity index (χ1) is 21.7. The maximum atomic E-state index is 13.1. The molecule has 0 saturated heterocycles. The van der Waals surface area contributed by atoms with Crippen LogP contribution >= 0.6 is 0 Å². The molecule has 13 heteroatoms. The maximum absolute atomic E-state index is 13.1. The molecule has 9 nitrogen and oxygen atoms in total. The number of alkyl halides is 3. The van der Waals surface area contributed by atoms with Crippen LogP contribution in [0.1, 0.15) is 25.0 Å². The van der Waals surface area contributed by atoms with Crippen molar-refractivity contribution in [3.63, 3.8) is 0 Å². The molecule has 0 radical (unpaired) electrons. The third kappa shape index (κ3) is 6.37. The van der Waals surface area contributed by atoms with Gasteiger partial charge in [0.2, 0.25) is 0 Å². The molecule has 0 atom stereocenters. The SMILES string of the molecule is Cc1c(-c2nccc3cnc(Nc4ccc(S(=O)(=O)Nc5cccc(C(F)(F)F)c5)cc4)cc23)ccc2c1cnn2CC(C)(C)O. The highest BCUT2D eigenvalue weighted by Crippen LogP contribution is 2.35. The van der Waals surface area contributed by atoms with Crippen LogP contribution in [0.15, 0.2) is 96.3 Å². The van der Waals surface area contributed by atoms with Crippen molar-refractivity contribution in [2.75, 3.05) is 10.0 Å². The summed E-state index contributed by atoms with van der Waals surface area (Å²) in [5, 5.41) is 20.6. The number of sulfonamides is 1. The van der Waals surface area contributed by atoms with E-state index in [2.05, 4.69) is 20.1 Å². The Kier molecular flexibility index (Phi) is 7.69. The van der Waals surface area contributed by atoms with Gasteiger partial charge < -0.3 is 10.4 Å². The molecule has 6 rings (SSSR count). The normalized spacial score (nSPS) is 12.5. The fourth-order valence-corrected chi connectivity index (χ4v) is 6.28. The second kappa shape index (κ2) is 11.4. The van der Waals surface area contributed by atoms with Crippen molar-refractivity contribution in [3.8, 4) is 11.3 Å². The van der Waals surface area contributed by atoms with Gasteiger partial charge in [0.05, 0.1) is 40.0 Å². The van der Waals surface area contributed by atoms with Crippen LogP contribution in [-0.2, 0) is 22.7 Å². The molecule has 0 unspecified atom stereocenters. The second-order valence-corrected chi connectivity index (χ2v) is 13.3. The predicted octanol–water partition coefficient (Wildman–Crippen LogP) is 7.29. The maximum Gasteiger partial charge on any atom is 0.416 e. The second-order valence-electron chi connectivity index (χ2n) is 11.6. The molecule has 0 aliphatic heterocycles. The Morgan fingerprint density at radius 1 is 0.891 bits per heavy atom. The van der Waals surface area contributed by atoms with Gasteiger partial charge in [-0.15, -0.1) is 0 Å². The van der Waals surface area contributed by atoms with Crippen molar-refractivity contribution in [3.05, 3.63) is 103 Å². The number of rotatable bonds is 8. The van der Waals surface area contributed by atoms with Gasteiger partial charge in [-0.3, -0.25) is 14.4 Å². The topological polar surface area (TPSA) is 122 Å². The van der Waals surface area contributed by atoms with E-state index in [0.29, 0.717) is 18.1 Å². The van der Waals surface area contributed by atoms with Gasteiger partial charge in [-0.05, 0) is 87.0 Å². The lowest BCUT2D eigenvalue weighted by Crippen LogP contribution is -2.26. The van der Waals surface area contributed by atoms with Crippen molar-refractivity contribution >= 4 is 48.9 Å². The van der Waals surface area contributed by atoms with E-state index in [-0.39, 0.29) is 10.6 Å². The molecule has 46 heavy (non-hydrogen) atoms. The molecule has 3 N–H and O–H groups in total. The molecule has 0 bridgehead atoms. The van der Waals surface area contributed by atoms with Gasteiger partial charge in [-0.25, -0.2) is 13.4 Å². The van der Waals surface area contributed by atoms with Gasteiger partial charge in [0.15, 0.2) is 0 Å². The summed E-state index contributed by atoms with van der Waals surface area (Å²) in [7, 11) is -4.15. The molecule has 0 amide bonds. The zero-order chi connectivity index (χ0) is 32.9. The lowest BCUT2D eigenvalue weighted by Gasteiger charge is -2.18. The molecule has 0 saturated carbocycles. The first kappa shape index (κ1) is 31.0. The van der Waals surface area contributed by atoms with Crippen molar-refractivity contribution in [1.29, 1.82) is 0 Å². The monoisotopic (exact) mass is 646 g/mol. The number of nitrogens with one attached hydrogen (secondary N) is 2. The molecule has 0 fully saturated rings. The highest BCUT2D eigenvalue weighted by molar-refractivity contribution is 7.92. The van der Waals surface area contributed by atoms with Crippen LogP contribution in [-0.4, -0.2) is 38.9 Å². The van der Waals surface area contributed by atoms with Crippen LogP contribution in [0.3, 0.4) is 0 Å². The predicted molar refractivity (Wildman–Crippen MR) is 171 cm³/mol. The van der Waals surface area contributed by atoms with Crippen LogP contribution in [0.2, 0.25) is 0 Å². The summed E-state index contributed by atoms with van der Waals surface area (Å²) in [6, 6.07) is 17.5. The summed E-state index contributed by atoms with van der Waals surface area (Å²) >= 11 is 0. The first-order valence-electron chi connectivity index (χ1n) is 14.2. The Labute approximate surface area is 262 Å². The minimum atomic E-state index is -4.60. The number of hydrogen-bond donors (Lipinski definition) is 3. The Morgan fingerprint density at radius 2 is 1.65 bits per heavy atom. The van der Waals surface area contributed by atoms with Gasteiger partial charge in [-0.2, -0.15) is 18.3 Å². The summed E-state index contributed by atoms with van der Waals surface area (Å²) in [5.41, 5.74) is 2.04. The van der Waals surface area contributed by atoms with E-state index < -0.39 is 27.4 Å². The van der Waals surface area contributed by atoms with Crippen molar-refractivity contribution in [2.45, 2.75) is 44.0 Å². The van der Waals surface area contributed by atoms with Crippen LogP contribution in [0.4, 0.5) is 30.4 Å². The summed E-state index contributed by atoms with van der Waals surface area (Å²) in [5.74, 6) is 0.496. The standard InChI is InChI=1S/C33H29F3N6O3S/c1-20-26(11-12-29-28(20)18-39-42(29)19-32(2,3)43)31-27-16-30(38-17-21(27)13-14-37-31)40-23-7-9-25(10-8-23)46(44,45)41-24-6-4-5-22(15-24)33(34,35)36/h4-18,41,43H,19H2,1-3H3,(H,38,40). The third-order valence-corrected chi connectivity index (χ3v) is 8.81. The number of nitrogens with zero attached hydrogens (tertiary/aromatic N) is 4. The third-order valence-electron chi connectivity index (χ3n) is 7.41. The minimum absolute atomic E-state index is 0.120. The number of fused-ring (bicyclic) bond motifs is 2. The van der Waals surface area contributed by atoms with Gasteiger partial charge in [0.25, 0.3) is 10.0 Å². The van der Waals surface area contributed by atoms with E-state index in [4.69, 9.17) is 4.98 Å². The van der Waals surface area contributed by atoms with Crippen LogP contribution in [0.25, 0.3) is 32.9 Å². The zero-order valence-electron chi connectivity index (χ0n) is 25.0. The number of hydrogen-bond acceptors (Lipinski definition) is 7. The van der Waals surface area contributed by atoms with Crippen molar-refractivity contribution in [2.24, 2.45) is 0 Å². The minimum Gasteiger partial charge on any atom is -0.389 e. The van der Waals surface area contributed by atoms with E-state index in [1.807, 2.05) is 31.2 Å². The fourth-order valence-electron chi connectivity index (χ4n) is 5.23. The summed E-state index contributed by atoms with van der Waals surface area (Å²) in [6.07, 6.45) is 0.631. The number of pyridine rings is 2. The van der Waals surface area contributed by atoms with E-state index in [9.17, 15) is 26.7 Å². The molecule has 3 aromatic carbocycles. The smallest absolute Gasteiger partial charge is 0.389 e. The van der Waals surface area contributed by atoms with Crippen molar-refractivity contribution in [1.82, 2.24) is 19.7 Å². The Balaban J connectivity index is 1.26. The number of halogens is 3. The number of aromatic nitrogens is 4. The number of benzene rings is 3. The molecule has 3 aromatic heterocycles. The average Bonchev–Trinajstić information content (AvgIpc) is 3.39. The van der Waals surface area contributed by atoms with Crippen LogP contribution in [0.5, 0.6) is 0 Å². The lowest BCUT2D eigenvalue weighted by molar-refractivity contribution is -0.137. The zero-order valence-corrected chi connectivity index (χ0v) is 25.8. The van der Waals surface area contributed by atoms with E-state index in [0.717, 1.165) is 56.7 Å². The lowest BCUT2D eigenvalue weighted by atomic mass is 9.98. The molecule has 3 heterocycles. The van der Waals surface area contributed by atoms with Crippen LogP contribution < -0.4 is 10.0 Å². The average molecular weight is 647 g/mol. The quantitative estimate of drug-likeness (QED) is 0.159. The van der Waals surface area contributed by atoms with Crippen LogP contribution in [0, 0.1) is 6.92 Å². The molecular weight excluding hydrogens is 617 g/mol. The molecule has 0 spiro atoms. The molecule has 236 valence electrons. The molecular formula is C33H29F3N6O3S. The summed E-state index contributed by atoms with van der Waals surface area (Å²) in [4.78, 5) is 9.08. The Morgan fingerprint density at radius 3 is 2.37 bits per heavy atom. The Hall–Kier alpha value is -5.01. The largest absolute Gasteiger partial charge is 0.416 e. The van der Waals surface area contributed by atoms with E-state index in [1.54, 1.807) is 49.3 Å². The van der Waals surface area contributed by atoms with Gasteiger partial charge in [0.1, 0.15) is 5.82 Å². The highest BCUT2D eigenvalue weighted by atomic mass is 32.2. The van der Waals surface area contributed by atoms with Gasteiger partial charge in [-0.1, -0.05) is 12.1 Å². The fraction of sp³-hybridized carbons (Fsp3) is 0.182. The van der Waals surface area contributed by atoms with Gasteiger partial charge >= 0.3 is 6.18 Å². The van der Waals surface area contributed by atoms with Gasteiger partial charge in [0, 0.05) is 45.5 Å². The highest BCUT2D eigenvalue weighted by Gasteiger charge is 2.30. The number of anilines is 3. The number of aryl methyl sites for hydroxylation is 1. The first-order valence-corrected chi connectivity index (χ1v) is 15.7. The molecule has 0 aliphatic carbocycles. The number of aliphatic hydroxyl groups is 1.